The van der Waals surface area contributed by atoms with Crippen LogP contribution >= 0.6 is 11.3 Å². The molecule has 0 spiro atoms. The summed E-state index contributed by atoms with van der Waals surface area (Å²) in [6.45, 7) is 4.24. The van der Waals surface area contributed by atoms with E-state index in [1.807, 2.05) is 12.3 Å². The van der Waals surface area contributed by atoms with E-state index in [0.29, 0.717) is 25.6 Å². The topological polar surface area (TPSA) is 51.7 Å². The number of carbonyl (C=O) groups excluding carboxylic acids is 1. The third kappa shape index (κ3) is 4.18. The van der Waals surface area contributed by atoms with E-state index in [2.05, 4.69) is 9.88 Å². The molecule has 1 saturated heterocycles. The van der Waals surface area contributed by atoms with Crippen LogP contribution in [0.3, 0.4) is 0 Å². The normalized spacial score (nSPS) is 16.4. The van der Waals surface area contributed by atoms with E-state index in [1.54, 1.807) is 18.4 Å². The highest BCUT2D eigenvalue weighted by molar-refractivity contribution is 7.13. The minimum absolute atomic E-state index is 0.150. The first-order valence-electron chi connectivity index (χ1n) is 7.10. The van der Waals surface area contributed by atoms with E-state index in [-0.39, 0.29) is 5.97 Å². The molecule has 2 heterocycles. The van der Waals surface area contributed by atoms with Crippen molar-refractivity contribution < 1.29 is 14.3 Å². The molecule has 5 nitrogen and oxygen atoms in total. The van der Waals surface area contributed by atoms with Gasteiger partial charge >= 0.3 is 5.97 Å². The van der Waals surface area contributed by atoms with Gasteiger partial charge in [-0.3, -0.25) is 4.79 Å². The van der Waals surface area contributed by atoms with Crippen molar-refractivity contribution in [3.63, 3.8) is 0 Å². The van der Waals surface area contributed by atoms with Crippen molar-refractivity contribution in [3.8, 4) is 0 Å². The summed E-state index contributed by atoms with van der Waals surface area (Å²) in [4.78, 5) is 18.2. The molecule has 20 heavy (non-hydrogen) atoms. The van der Waals surface area contributed by atoms with Crippen LogP contribution in [-0.4, -0.2) is 43.9 Å². The van der Waals surface area contributed by atoms with Gasteiger partial charge in [0.2, 0.25) is 0 Å². The van der Waals surface area contributed by atoms with E-state index in [1.165, 1.54) is 0 Å². The van der Waals surface area contributed by atoms with E-state index in [0.717, 1.165) is 36.8 Å². The van der Waals surface area contributed by atoms with Gasteiger partial charge < -0.3 is 14.4 Å². The first kappa shape index (κ1) is 15.3. The van der Waals surface area contributed by atoms with Gasteiger partial charge in [-0.2, -0.15) is 0 Å². The lowest BCUT2D eigenvalue weighted by molar-refractivity contribution is -0.143. The van der Waals surface area contributed by atoms with Crippen LogP contribution in [0.25, 0.3) is 0 Å². The molecule has 0 aliphatic carbocycles. The number of aromatic nitrogens is 1. The Labute approximate surface area is 123 Å². The van der Waals surface area contributed by atoms with Gasteiger partial charge in [0, 0.05) is 32.0 Å². The number of thiazole rings is 1. The lowest BCUT2D eigenvalue weighted by Crippen LogP contribution is -2.36. The zero-order chi connectivity index (χ0) is 14.4. The molecule has 1 aliphatic rings. The number of rotatable bonds is 6. The highest BCUT2D eigenvalue weighted by atomic mass is 32.1. The molecule has 1 fully saturated rings. The number of aryl methyl sites for hydroxylation is 1. The monoisotopic (exact) mass is 298 g/mol. The number of ether oxygens (including phenoxy) is 2. The summed E-state index contributed by atoms with van der Waals surface area (Å²) >= 11 is 1.65. The van der Waals surface area contributed by atoms with Crippen molar-refractivity contribution in [3.05, 3.63) is 11.1 Å². The van der Waals surface area contributed by atoms with Crippen LogP contribution in [0.15, 0.2) is 5.38 Å². The standard InChI is InChI=1S/C14H22N2O3S/c1-3-19-13(17)5-4-11-10-20-14(15-11)16-8-6-12(18-2)7-9-16/h10,12H,3-9H2,1-2H3. The third-order valence-corrected chi connectivity index (χ3v) is 4.43. The second-order valence-corrected chi connectivity index (χ2v) is 5.69. The fourth-order valence-corrected chi connectivity index (χ4v) is 3.22. The Morgan fingerprint density at radius 2 is 2.25 bits per heavy atom. The Morgan fingerprint density at radius 3 is 2.90 bits per heavy atom. The average Bonchev–Trinajstić information content (AvgIpc) is 2.94. The molecule has 0 N–H and O–H groups in total. The Kier molecular flexibility index (Phi) is 5.79. The van der Waals surface area contributed by atoms with Crippen molar-refractivity contribution in [2.24, 2.45) is 0 Å². The average molecular weight is 298 g/mol. The molecular formula is C14H22N2O3S. The molecule has 1 aliphatic heterocycles. The van der Waals surface area contributed by atoms with Crippen LogP contribution in [-0.2, 0) is 20.7 Å². The smallest absolute Gasteiger partial charge is 0.306 e. The van der Waals surface area contributed by atoms with Crippen LogP contribution < -0.4 is 4.90 Å². The lowest BCUT2D eigenvalue weighted by Gasteiger charge is -2.30. The van der Waals surface area contributed by atoms with Gasteiger partial charge in [-0.25, -0.2) is 4.98 Å². The molecule has 0 unspecified atom stereocenters. The molecule has 2 rings (SSSR count). The number of hydrogen-bond donors (Lipinski definition) is 0. The first-order valence-corrected chi connectivity index (χ1v) is 7.98. The predicted octanol–water partition coefficient (Wildman–Crippen LogP) is 2.25. The summed E-state index contributed by atoms with van der Waals surface area (Å²) in [6.07, 6.45) is 3.55. The van der Waals surface area contributed by atoms with Crippen molar-refractivity contribution in [2.75, 3.05) is 31.7 Å². The Hall–Kier alpha value is -1.14. The minimum Gasteiger partial charge on any atom is -0.466 e. The van der Waals surface area contributed by atoms with Gasteiger partial charge in [-0.05, 0) is 19.8 Å². The first-order chi connectivity index (χ1) is 9.72. The Balaban J connectivity index is 1.81. The van der Waals surface area contributed by atoms with E-state index >= 15 is 0 Å². The van der Waals surface area contributed by atoms with Gasteiger partial charge in [0.25, 0.3) is 0 Å². The van der Waals surface area contributed by atoms with E-state index in [9.17, 15) is 4.79 Å². The maximum Gasteiger partial charge on any atom is 0.306 e. The maximum absolute atomic E-state index is 11.3. The summed E-state index contributed by atoms with van der Waals surface area (Å²) in [5.74, 6) is -0.150. The van der Waals surface area contributed by atoms with Crippen molar-refractivity contribution in [1.82, 2.24) is 4.98 Å². The Bertz CT molecular complexity index is 428. The summed E-state index contributed by atoms with van der Waals surface area (Å²) in [6, 6.07) is 0. The van der Waals surface area contributed by atoms with Crippen LogP contribution in [0, 0.1) is 0 Å². The second kappa shape index (κ2) is 7.59. The highest BCUT2D eigenvalue weighted by Crippen LogP contribution is 2.25. The SMILES string of the molecule is CCOC(=O)CCc1csc(N2CCC(OC)CC2)n1. The summed E-state index contributed by atoms with van der Waals surface area (Å²) in [5.41, 5.74) is 0.979. The van der Waals surface area contributed by atoms with E-state index < -0.39 is 0 Å². The third-order valence-electron chi connectivity index (χ3n) is 3.48. The van der Waals surface area contributed by atoms with Gasteiger partial charge in [0.1, 0.15) is 0 Å². The highest BCUT2D eigenvalue weighted by Gasteiger charge is 2.20. The lowest BCUT2D eigenvalue weighted by atomic mass is 10.1. The van der Waals surface area contributed by atoms with Gasteiger partial charge in [-0.1, -0.05) is 0 Å². The molecule has 0 saturated carbocycles. The molecular weight excluding hydrogens is 276 g/mol. The zero-order valence-electron chi connectivity index (χ0n) is 12.1. The largest absolute Gasteiger partial charge is 0.466 e. The summed E-state index contributed by atoms with van der Waals surface area (Å²) in [5, 5.41) is 3.09. The molecule has 0 bridgehead atoms. The van der Waals surface area contributed by atoms with Crippen molar-refractivity contribution >= 4 is 22.4 Å². The second-order valence-electron chi connectivity index (χ2n) is 4.85. The number of carbonyl (C=O) groups is 1. The number of piperidine rings is 1. The van der Waals surface area contributed by atoms with Gasteiger partial charge in [0.05, 0.1) is 24.8 Å². The van der Waals surface area contributed by atoms with Crippen LogP contribution in [0.1, 0.15) is 31.9 Å². The quantitative estimate of drug-likeness (QED) is 0.754. The number of methoxy groups -OCH3 is 1. The molecule has 0 atom stereocenters. The molecule has 0 aromatic carbocycles. The molecule has 0 amide bonds. The maximum atomic E-state index is 11.3. The minimum atomic E-state index is -0.150. The summed E-state index contributed by atoms with van der Waals surface area (Å²) in [7, 11) is 1.78. The fraction of sp³-hybridized carbons (Fsp3) is 0.714. The van der Waals surface area contributed by atoms with Crippen LogP contribution in [0.5, 0.6) is 0 Å². The fourth-order valence-electron chi connectivity index (χ4n) is 2.30. The summed E-state index contributed by atoms with van der Waals surface area (Å²) < 4.78 is 10.3. The molecule has 112 valence electrons. The van der Waals surface area contributed by atoms with E-state index in [4.69, 9.17) is 9.47 Å². The van der Waals surface area contributed by atoms with Crippen LogP contribution in [0.4, 0.5) is 5.13 Å². The molecule has 0 radical (unpaired) electrons. The molecule has 1 aromatic heterocycles. The van der Waals surface area contributed by atoms with Gasteiger partial charge in [-0.15, -0.1) is 11.3 Å². The number of esters is 1. The number of hydrogen-bond acceptors (Lipinski definition) is 6. The molecule has 1 aromatic rings. The van der Waals surface area contributed by atoms with Crippen molar-refractivity contribution in [1.29, 1.82) is 0 Å². The van der Waals surface area contributed by atoms with Gasteiger partial charge in [0.15, 0.2) is 5.13 Å². The Morgan fingerprint density at radius 1 is 1.50 bits per heavy atom. The predicted molar refractivity (Wildman–Crippen MR) is 79.3 cm³/mol. The zero-order valence-corrected chi connectivity index (χ0v) is 12.9. The van der Waals surface area contributed by atoms with Crippen LogP contribution in [0.2, 0.25) is 0 Å². The number of nitrogens with zero attached hydrogens (tertiary/aromatic N) is 2. The number of anilines is 1. The van der Waals surface area contributed by atoms with Crippen molar-refractivity contribution in [2.45, 2.75) is 38.7 Å². The molecule has 6 heteroatoms.